The van der Waals surface area contributed by atoms with Gasteiger partial charge in [-0.3, -0.25) is 9.36 Å². The van der Waals surface area contributed by atoms with Crippen LogP contribution in [0.25, 0.3) is 27.7 Å². The summed E-state index contributed by atoms with van der Waals surface area (Å²) in [5.41, 5.74) is 3.63. The van der Waals surface area contributed by atoms with Crippen LogP contribution in [0, 0.1) is 6.92 Å². The summed E-state index contributed by atoms with van der Waals surface area (Å²) in [6.45, 7) is 1.86. The van der Waals surface area contributed by atoms with Crippen molar-refractivity contribution >= 4 is 10.9 Å². The Hall–Kier alpha value is -3.20. The van der Waals surface area contributed by atoms with Gasteiger partial charge in [0, 0.05) is 0 Å². The number of benzene rings is 3. The van der Waals surface area contributed by atoms with Crippen LogP contribution in [0.4, 0.5) is 0 Å². The molecule has 116 valence electrons. The Balaban J connectivity index is 1.99. The van der Waals surface area contributed by atoms with Gasteiger partial charge in [-0.2, -0.15) is 0 Å². The average molecular weight is 312 g/mol. The SMILES string of the molecule is Cc1nc2ccc(-c3ccccc3)cc2c(=O)n1-c1ccccc1. The highest BCUT2D eigenvalue weighted by Gasteiger charge is 2.10. The molecule has 3 heteroatoms. The van der Waals surface area contributed by atoms with E-state index in [-0.39, 0.29) is 5.56 Å². The normalized spacial score (nSPS) is 10.9. The molecule has 0 saturated heterocycles. The lowest BCUT2D eigenvalue weighted by Gasteiger charge is -2.11. The second-order valence-electron chi connectivity index (χ2n) is 5.73. The van der Waals surface area contributed by atoms with Crippen molar-refractivity contribution in [1.82, 2.24) is 9.55 Å². The first-order valence-electron chi connectivity index (χ1n) is 7.88. The second kappa shape index (κ2) is 5.78. The average Bonchev–Trinajstić information content (AvgIpc) is 2.63. The van der Waals surface area contributed by atoms with Gasteiger partial charge in [0.05, 0.1) is 16.6 Å². The minimum Gasteiger partial charge on any atom is -0.268 e. The maximum atomic E-state index is 13.1. The smallest absolute Gasteiger partial charge is 0.265 e. The van der Waals surface area contributed by atoms with Crippen molar-refractivity contribution < 1.29 is 0 Å². The van der Waals surface area contributed by atoms with Crippen molar-refractivity contribution in [2.24, 2.45) is 0 Å². The molecular formula is C21H16N2O. The van der Waals surface area contributed by atoms with Crippen LogP contribution in [-0.2, 0) is 0 Å². The second-order valence-corrected chi connectivity index (χ2v) is 5.73. The fraction of sp³-hybridized carbons (Fsp3) is 0.0476. The molecule has 0 aliphatic rings. The zero-order valence-corrected chi connectivity index (χ0v) is 13.3. The van der Waals surface area contributed by atoms with E-state index in [1.165, 1.54) is 0 Å². The van der Waals surface area contributed by atoms with E-state index in [0.717, 1.165) is 22.3 Å². The van der Waals surface area contributed by atoms with Gasteiger partial charge >= 0.3 is 0 Å². The van der Waals surface area contributed by atoms with Crippen molar-refractivity contribution in [3.8, 4) is 16.8 Å². The number of rotatable bonds is 2. The number of fused-ring (bicyclic) bond motifs is 1. The molecular weight excluding hydrogens is 296 g/mol. The number of aryl methyl sites for hydroxylation is 1. The van der Waals surface area contributed by atoms with Crippen LogP contribution in [0.15, 0.2) is 83.7 Å². The van der Waals surface area contributed by atoms with E-state index in [9.17, 15) is 4.79 Å². The maximum absolute atomic E-state index is 13.1. The van der Waals surface area contributed by atoms with Crippen molar-refractivity contribution in [2.75, 3.05) is 0 Å². The number of nitrogens with zero attached hydrogens (tertiary/aromatic N) is 2. The summed E-state index contributed by atoms with van der Waals surface area (Å²) < 4.78 is 1.66. The van der Waals surface area contributed by atoms with Crippen molar-refractivity contribution in [3.05, 3.63) is 95.0 Å². The van der Waals surface area contributed by atoms with E-state index in [1.54, 1.807) is 4.57 Å². The first-order chi connectivity index (χ1) is 11.7. The molecule has 0 radical (unpaired) electrons. The number of para-hydroxylation sites is 1. The van der Waals surface area contributed by atoms with Gasteiger partial charge in [0.15, 0.2) is 0 Å². The highest BCUT2D eigenvalue weighted by molar-refractivity contribution is 5.84. The summed E-state index contributed by atoms with van der Waals surface area (Å²) in [7, 11) is 0. The molecule has 1 aromatic heterocycles. The van der Waals surface area contributed by atoms with Gasteiger partial charge in [0.2, 0.25) is 0 Å². The van der Waals surface area contributed by atoms with Crippen LogP contribution in [0.3, 0.4) is 0 Å². The lowest BCUT2D eigenvalue weighted by Crippen LogP contribution is -2.22. The Bertz CT molecular complexity index is 1070. The van der Waals surface area contributed by atoms with Gasteiger partial charge in [0.25, 0.3) is 5.56 Å². The molecule has 0 atom stereocenters. The molecule has 0 bridgehead atoms. The fourth-order valence-electron chi connectivity index (χ4n) is 2.99. The minimum absolute atomic E-state index is 0.0403. The molecule has 4 rings (SSSR count). The summed E-state index contributed by atoms with van der Waals surface area (Å²) in [5.74, 6) is 0.686. The minimum atomic E-state index is -0.0403. The van der Waals surface area contributed by atoms with E-state index < -0.39 is 0 Å². The first-order valence-corrected chi connectivity index (χ1v) is 7.88. The van der Waals surface area contributed by atoms with E-state index in [2.05, 4.69) is 4.98 Å². The van der Waals surface area contributed by atoms with Crippen LogP contribution in [0.1, 0.15) is 5.82 Å². The maximum Gasteiger partial charge on any atom is 0.265 e. The third-order valence-electron chi connectivity index (χ3n) is 4.16. The molecule has 0 fully saturated rings. The van der Waals surface area contributed by atoms with Crippen LogP contribution in [0.2, 0.25) is 0 Å². The lowest BCUT2D eigenvalue weighted by atomic mass is 10.0. The molecule has 0 spiro atoms. The van der Waals surface area contributed by atoms with Gasteiger partial charge in [-0.05, 0) is 42.3 Å². The highest BCUT2D eigenvalue weighted by atomic mass is 16.1. The van der Waals surface area contributed by atoms with Crippen LogP contribution in [0.5, 0.6) is 0 Å². The molecule has 1 heterocycles. The lowest BCUT2D eigenvalue weighted by molar-refractivity contribution is 0.895. The van der Waals surface area contributed by atoms with Gasteiger partial charge < -0.3 is 0 Å². The Labute approximate surface area is 139 Å². The quantitative estimate of drug-likeness (QED) is 0.551. The van der Waals surface area contributed by atoms with Crippen molar-refractivity contribution in [2.45, 2.75) is 6.92 Å². The van der Waals surface area contributed by atoms with Gasteiger partial charge in [0.1, 0.15) is 5.82 Å². The van der Waals surface area contributed by atoms with E-state index >= 15 is 0 Å². The summed E-state index contributed by atoms with van der Waals surface area (Å²) in [5, 5.41) is 0.630. The summed E-state index contributed by atoms with van der Waals surface area (Å²) in [4.78, 5) is 17.7. The Morgan fingerprint density at radius 2 is 1.46 bits per heavy atom. The number of aromatic nitrogens is 2. The Morgan fingerprint density at radius 1 is 0.792 bits per heavy atom. The molecule has 4 aromatic rings. The van der Waals surface area contributed by atoms with E-state index in [0.29, 0.717) is 11.2 Å². The monoisotopic (exact) mass is 312 g/mol. The Kier molecular flexibility index (Phi) is 3.47. The predicted molar refractivity (Wildman–Crippen MR) is 97.5 cm³/mol. The molecule has 0 amide bonds. The standard InChI is InChI=1S/C21H16N2O/c1-15-22-20-13-12-17(16-8-4-2-5-9-16)14-19(20)21(24)23(15)18-10-6-3-7-11-18/h2-14H,1H3. The molecule has 3 nitrogen and oxygen atoms in total. The zero-order valence-electron chi connectivity index (χ0n) is 13.3. The fourth-order valence-corrected chi connectivity index (χ4v) is 2.99. The highest BCUT2D eigenvalue weighted by Crippen LogP contribution is 2.22. The summed E-state index contributed by atoms with van der Waals surface area (Å²) in [6.07, 6.45) is 0. The number of hydrogen-bond acceptors (Lipinski definition) is 2. The van der Waals surface area contributed by atoms with Crippen LogP contribution < -0.4 is 5.56 Å². The van der Waals surface area contributed by atoms with Gasteiger partial charge in [-0.25, -0.2) is 4.98 Å². The number of hydrogen-bond donors (Lipinski definition) is 0. The van der Waals surface area contributed by atoms with E-state index in [4.69, 9.17) is 0 Å². The summed E-state index contributed by atoms with van der Waals surface area (Å²) in [6, 6.07) is 25.5. The molecule has 3 aromatic carbocycles. The largest absolute Gasteiger partial charge is 0.268 e. The summed E-state index contributed by atoms with van der Waals surface area (Å²) >= 11 is 0. The molecule has 0 aliphatic heterocycles. The molecule has 24 heavy (non-hydrogen) atoms. The Morgan fingerprint density at radius 3 is 2.17 bits per heavy atom. The van der Waals surface area contributed by atoms with Crippen molar-refractivity contribution in [3.63, 3.8) is 0 Å². The van der Waals surface area contributed by atoms with Crippen molar-refractivity contribution in [1.29, 1.82) is 0 Å². The van der Waals surface area contributed by atoms with Gasteiger partial charge in [-0.15, -0.1) is 0 Å². The molecule has 0 aliphatic carbocycles. The zero-order chi connectivity index (χ0) is 16.5. The first kappa shape index (κ1) is 14.4. The third kappa shape index (κ3) is 2.40. The predicted octanol–water partition coefficient (Wildman–Crippen LogP) is 4.36. The van der Waals surface area contributed by atoms with Gasteiger partial charge in [-0.1, -0.05) is 54.6 Å². The van der Waals surface area contributed by atoms with E-state index in [1.807, 2.05) is 85.8 Å². The van der Waals surface area contributed by atoms with Crippen LogP contribution >= 0.6 is 0 Å². The third-order valence-corrected chi connectivity index (χ3v) is 4.16. The topological polar surface area (TPSA) is 34.9 Å². The molecule has 0 unspecified atom stereocenters. The van der Waals surface area contributed by atoms with Crippen LogP contribution in [-0.4, -0.2) is 9.55 Å². The molecule has 0 N–H and O–H groups in total. The molecule has 0 saturated carbocycles.